The number of aliphatic hydroxyl groups is 1. The van der Waals surface area contributed by atoms with E-state index in [1.165, 1.54) is 0 Å². The lowest BCUT2D eigenvalue weighted by molar-refractivity contribution is -0.119. The molecule has 2 fully saturated rings. The van der Waals surface area contributed by atoms with E-state index in [2.05, 4.69) is 4.90 Å². The molecular formula is C26H33ClN4O3. The summed E-state index contributed by atoms with van der Waals surface area (Å²) in [6.45, 7) is 5.66. The SMILES string of the molecule is Cc1ccc(C(CC(N)=O)N2CC3CN(C(=O)c4ccc(N(C)CCO)cc4)CC3C2)cc1Cl. The van der Waals surface area contributed by atoms with Crippen LogP contribution in [0.15, 0.2) is 42.5 Å². The number of aryl methyl sites for hydroxylation is 1. The zero-order valence-electron chi connectivity index (χ0n) is 19.8. The van der Waals surface area contributed by atoms with Gasteiger partial charge in [0.05, 0.1) is 6.61 Å². The molecule has 3 N–H and O–H groups in total. The molecule has 7 nitrogen and oxygen atoms in total. The van der Waals surface area contributed by atoms with Crippen LogP contribution in [0.4, 0.5) is 5.69 Å². The van der Waals surface area contributed by atoms with Crippen LogP contribution in [-0.4, -0.2) is 73.1 Å². The first kappa shape index (κ1) is 24.5. The van der Waals surface area contributed by atoms with Crippen molar-refractivity contribution in [2.24, 2.45) is 17.6 Å². The topological polar surface area (TPSA) is 90.1 Å². The van der Waals surface area contributed by atoms with Gasteiger partial charge in [0.1, 0.15) is 0 Å². The van der Waals surface area contributed by atoms with Crippen molar-refractivity contribution >= 4 is 29.1 Å². The molecule has 0 aromatic heterocycles. The van der Waals surface area contributed by atoms with Crippen molar-refractivity contribution in [2.45, 2.75) is 19.4 Å². The van der Waals surface area contributed by atoms with Gasteiger partial charge in [0, 0.05) is 68.5 Å². The van der Waals surface area contributed by atoms with Crippen LogP contribution < -0.4 is 10.6 Å². The number of hydrogen-bond acceptors (Lipinski definition) is 5. The molecule has 2 aliphatic heterocycles. The molecule has 0 saturated carbocycles. The summed E-state index contributed by atoms with van der Waals surface area (Å²) in [5.74, 6) is 0.463. The highest BCUT2D eigenvalue weighted by Crippen LogP contribution is 2.38. The molecule has 182 valence electrons. The van der Waals surface area contributed by atoms with E-state index in [-0.39, 0.29) is 30.9 Å². The second-order valence-corrected chi connectivity index (χ2v) is 9.98. The number of benzene rings is 2. The third-order valence-electron chi connectivity index (χ3n) is 7.21. The number of hydrogen-bond donors (Lipinski definition) is 2. The molecular weight excluding hydrogens is 452 g/mol. The number of halogens is 1. The summed E-state index contributed by atoms with van der Waals surface area (Å²) < 4.78 is 0. The Labute approximate surface area is 206 Å². The minimum Gasteiger partial charge on any atom is -0.395 e. The molecule has 3 atom stereocenters. The van der Waals surface area contributed by atoms with E-state index < -0.39 is 0 Å². The largest absolute Gasteiger partial charge is 0.395 e. The van der Waals surface area contributed by atoms with Crippen molar-refractivity contribution < 1.29 is 14.7 Å². The van der Waals surface area contributed by atoms with Gasteiger partial charge in [-0.25, -0.2) is 0 Å². The Morgan fingerprint density at radius 3 is 2.32 bits per heavy atom. The standard InChI is InChI=1S/C26H33ClN4O3/c1-17-3-4-19(11-23(17)27)24(12-25(28)33)30-13-20-15-31(16-21(20)14-30)26(34)18-5-7-22(8-6-18)29(2)9-10-32/h3-8,11,20-21,24,32H,9-10,12-16H2,1-2H3,(H2,28,33). The van der Waals surface area contributed by atoms with Gasteiger partial charge >= 0.3 is 0 Å². The molecule has 2 saturated heterocycles. The summed E-state index contributed by atoms with van der Waals surface area (Å²) in [6, 6.07) is 13.4. The number of anilines is 1. The second kappa shape index (κ2) is 10.3. The second-order valence-electron chi connectivity index (χ2n) is 9.57. The van der Waals surface area contributed by atoms with Crippen LogP contribution in [0.2, 0.25) is 5.02 Å². The molecule has 8 heteroatoms. The number of likely N-dealkylation sites (tertiary alicyclic amines) is 2. The fourth-order valence-electron chi connectivity index (χ4n) is 5.23. The molecule has 34 heavy (non-hydrogen) atoms. The summed E-state index contributed by atoms with van der Waals surface area (Å²) in [5, 5.41) is 9.80. The quantitative estimate of drug-likeness (QED) is 0.601. The van der Waals surface area contributed by atoms with Crippen molar-refractivity contribution in [3.63, 3.8) is 0 Å². The number of primary amides is 1. The lowest BCUT2D eigenvalue weighted by Gasteiger charge is -2.29. The first-order valence-electron chi connectivity index (χ1n) is 11.8. The van der Waals surface area contributed by atoms with Crippen LogP contribution in [0.5, 0.6) is 0 Å². The predicted molar refractivity (Wildman–Crippen MR) is 134 cm³/mol. The highest BCUT2D eigenvalue weighted by molar-refractivity contribution is 6.31. The molecule has 2 amide bonds. The Bertz CT molecular complexity index is 1030. The molecule has 2 aliphatic rings. The number of likely N-dealkylation sites (N-methyl/N-ethyl adjacent to an activating group) is 1. The van der Waals surface area contributed by atoms with E-state index >= 15 is 0 Å². The van der Waals surface area contributed by atoms with Crippen molar-refractivity contribution in [1.29, 1.82) is 0 Å². The van der Waals surface area contributed by atoms with E-state index in [4.69, 9.17) is 22.4 Å². The third-order valence-corrected chi connectivity index (χ3v) is 7.62. The van der Waals surface area contributed by atoms with Crippen LogP contribution in [0.1, 0.15) is 33.9 Å². The van der Waals surface area contributed by atoms with Gasteiger partial charge in [0.25, 0.3) is 5.91 Å². The average molecular weight is 485 g/mol. The molecule has 2 heterocycles. The van der Waals surface area contributed by atoms with Crippen molar-refractivity contribution in [3.8, 4) is 0 Å². The molecule has 0 bridgehead atoms. The van der Waals surface area contributed by atoms with Crippen molar-refractivity contribution in [1.82, 2.24) is 9.80 Å². The number of nitrogens with two attached hydrogens (primary N) is 1. The Kier molecular flexibility index (Phi) is 7.45. The predicted octanol–water partition coefficient (Wildman–Crippen LogP) is 2.70. The van der Waals surface area contributed by atoms with E-state index in [0.29, 0.717) is 42.1 Å². The summed E-state index contributed by atoms with van der Waals surface area (Å²) >= 11 is 6.36. The zero-order valence-corrected chi connectivity index (χ0v) is 20.5. The lowest BCUT2D eigenvalue weighted by atomic mass is 10.0. The van der Waals surface area contributed by atoms with Gasteiger partial charge in [-0.2, -0.15) is 0 Å². The lowest BCUT2D eigenvalue weighted by Crippen LogP contribution is -2.36. The third kappa shape index (κ3) is 5.22. The Morgan fingerprint density at radius 1 is 1.12 bits per heavy atom. The van der Waals surface area contributed by atoms with Gasteiger partial charge < -0.3 is 20.6 Å². The fraction of sp³-hybridized carbons (Fsp3) is 0.462. The number of nitrogens with zero attached hydrogens (tertiary/aromatic N) is 3. The number of carbonyl (C=O) groups is 2. The zero-order chi connectivity index (χ0) is 24.4. The van der Waals surface area contributed by atoms with E-state index in [1.54, 1.807) is 0 Å². The van der Waals surface area contributed by atoms with Gasteiger partial charge in [-0.3, -0.25) is 14.5 Å². The molecule has 0 aliphatic carbocycles. The molecule has 0 spiro atoms. The maximum absolute atomic E-state index is 13.1. The van der Waals surface area contributed by atoms with Crippen LogP contribution in [-0.2, 0) is 4.79 Å². The molecule has 3 unspecified atom stereocenters. The molecule has 2 aromatic rings. The Balaban J connectivity index is 1.41. The first-order chi connectivity index (χ1) is 16.3. The van der Waals surface area contributed by atoms with Crippen molar-refractivity contribution in [3.05, 3.63) is 64.2 Å². The Morgan fingerprint density at radius 2 is 1.76 bits per heavy atom. The highest BCUT2D eigenvalue weighted by atomic mass is 35.5. The highest BCUT2D eigenvalue weighted by Gasteiger charge is 2.44. The number of amides is 2. The van der Waals surface area contributed by atoms with E-state index in [0.717, 1.165) is 29.9 Å². The summed E-state index contributed by atoms with van der Waals surface area (Å²) in [5.41, 5.74) is 9.25. The fourth-order valence-corrected chi connectivity index (χ4v) is 5.42. The maximum atomic E-state index is 13.1. The maximum Gasteiger partial charge on any atom is 0.253 e. The molecule has 2 aromatic carbocycles. The summed E-state index contributed by atoms with van der Waals surface area (Å²) in [4.78, 5) is 31.2. The number of carbonyl (C=O) groups excluding carboxylic acids is 2. The molecule has 4 rings (SSSR count). The minimum absolute atomic E-state index is 0.0521. The van der Waals surface area contributed by atoms with Gasteiger partial charge in [-0.05, 0) is 60.2 Å². The normalized spacial score (nSPS) is 20.9. The Hall–Kier alpha value is -2.61. The van der Waals surface area contributed by atoms with E-state index in [1.807, 2.05) is 66.2 Å². The van der Waals surface area contributed by atoms with Gasteiger partial charge in [-0.1, -0.05) is 23.7 Å². The summed E-state index contributed by atoms with van der Waals surface area (Å²) in [6.07, 6.45) is 0.249. The monoisotopic (exact) mass is 484 g/mol. The molecule has 0 radical (unpaired) electrons. The van der Waals surface area contributed by atoms with Gasteiger partial charge in [-0.15, -0.1) is 0 Å². The first-order valence-corrected chi connectivity index (χ1v) is 12.1. The van der Waals surface area contributed by atoms with Crippen LogP contribution in [0.25, 0.3) is 0 Å². The van der Waals surface area contributed by atoms with E-state index in [9.17, 15) is 9.59 Å². The van der Waals surface area contributed by atoms with Gasteiger partial charge in [0.15, 0.2) is 0 Å². The van der Waals surface area contributed by atoms with Gasteiger partial charge in [0.2, 0.25) is 5.91 Å². The minimum atomic E-state index is -0.330. The number of rotatable bonds is 8. The van der Waals surface area contributed by atoms with Crippen LogP contribution in [0, 0.1) is 18.8 Å². The summed E-state index contributed by atoms with van der Waals surface area (Å²) in [7, 11) is 1.91. The van der Waals surface area contributed by atoms with Crippen LogP contribution in [0.3, 0.4) is 0 Å². The number of aliphatic hydroxyl groups excluding tert-OH is 1. The smallest absolute Gasteiger partial charge is 0.253 e. The number of fused-ring (bicyclic) bond motifs is 1. The average Bonchev–Trinajstić information content (AvgIpc) is 3.38. The van der Waals surface area contributed by atoms with Crippen LogP contribution >= 0.6 is 11.6 Å². The van der Waals surface area contributed by atoms with Crippen molar-refractivity contribution in [2.75, 3.05) is 51.3 Å².